The van der Waals surface area contributed by atoms with Crippen molar-refractivity contribution in [3.05, 3.63) is 18.8 Å². The van der Waals surface area contributed by atoms with Crippen LogP contribution in [0.3, 0.4) is 0 Å². The van der Waals surface area contributed by atoms with Crippen molar-refractivity contribution < 1.29 is 9.47 Å². The molecule has 2 nitrogen and oxygen atoms in total. The van der Waals surface area contributed by atoms with E-state index in [1.54, 1.807) is 6.61 Å². The smallest absolute Gasteiger partial charge is 0.155 e. The van der Waals surface area contributed by atoms with E-state index in [9.17, 15) is 0 Å². The molecule has 0 spiro atoms. The van der Waals surface area contributed by atoms with E-state index in [0.717, 1.165) is 5.57 Å². The average Bonchev–Trinajstić information content (AvgIpc) is 1.85. The van der Waals surface area contributed by atoms with Crippen LogP contribution in [0.2, 0.25) is 0 Å². The molecular formula is C8H15O2. The summed E-state index contributed by atoms with van der Waals surface area (Å²) in [5, 5.41) is 0. The van der Waals surface area contributed by atoms with Crippen molar-refractivity contribution in [1.82, 2.24) is 0 Å². The van der Waals surface area contributed by atoms with Gasteiger partial charge in [0, 0.05) is 0 Å². The van der Waals surface area contributed by atoms with Crippen LogP contribution >= 0.6 is 0 Å². The zero-order valence-corrected chi connectivity index (χ0v) is 6.89. The minimum Gasteiger partial charge on any atom is -0.349 e. The fourth-order valence-corrected chi connectivity index (χ4v) is 0.491. The van der Waals surface area contributed by atoms with Crippen molar-refractivity contribution in [1.29, 1.82) is 0 Å². The van der Waals surface area contributed by atoms with Crippen LogP contribution in [0.1, 0.15) is 20.8 Å². The van der Waals surface area contributed by atoms with Crippen molar-refractivity contribution in [2.45, 2.75) is 27.1 Å². The molecule has 0 bridgehead atoms. The molecule has 0 heterocycles. The summed E-state index contributed by atoms with van der Waals surface area (Å²) in [6, 6.07) is 0. The molecule has 59 valence electrons. The van der Waals surface area contributed by atoms with Crippen LogP contribution in [0.5, 0.6) is 0 Å². The standard InChI is InChI=1S/C8H15O2/c1-5-9-8(4)10-6-7(2)3/h5,8H,2,6H2,1,3-4H3. The first-order valence-corrected chi connectivity index (χ1v) is 3.36. The quantitative estimate of drug-likeness (QED) is 0.433. The van der Waals surface area contributed by atoms with Gasteiger partial charge in [0.2, 0.25) is 0 Å². The second kappa shape index (κ2) is 5.45. The first-order valence-electron chi connectivity index (χ1n) is 3.36. The molecule has 1 unspecified atom stereocenters. The van der Waals surface area contributed by atoms with E-state index in [4.69, 9.17) is 9.47 Å². The second-order valence-electron chi connectivity index (χ2n) is 2.21. The Kier molecular flexibility index (Phi) is 5.26. The molecule has 0 aromatic carbocycles. The van der Waals surface area contributed by atoms with Crippen LogP contribution in [0, 0.1) is 6.61 Å². The third-order valence-corrected chi connectivity index (χ3v) is 0.892. The summed E-state index contributed by atoms with van der Waals surface area (Å²) in [5.41, 5.74) is 1.01. The number of hydrogen-bond acceptors (Lipinski definition) is 2. The Morgan fingerprint density at radius 2 is 2.30 bits per heavy atom. The Morgan fingerprint density at radius 3 is 2.70 bits per heavy atom. The largest absolute Gasteiger partial charge is 0.349 e. The molecule has 0 aromatic heterocycles. The predicted molar refractivity (Wildman–Crippen MR) is 41.3 cm³/mol. The molecule has 0 saturated heterocycles. The molecule has 0 aliphatic rings. The van der Waals surface area contributed by atoms with Crippen LogP contribution in [0.4, 0.5) is 0 Å². The molecule has 0 N–H and O–H groups in total. The van der Waals surface area contributed by atoms with Crippen LogP contribution in [-0.2, 0) is 9.47 Å². The Hall–Kier alpha value is -0.340. The third-order valence-electron chi connectivity index (χ3n) is 0.892. The highest BCUT2D eigenvalue weighted by molar-refractivity contribution is 4.87. The van der Waals surface area contributed by atoms with E-state index in [1.807, 2.05) is 20.8 Å². The topological polar surface area (TPSA) is 18.5 Å². The Balaban J connectivity index is 3.21. The SMILES string of the molecule is C=C(C)COC(C)O[CH]C. The summed E-state index contributed by atoms with van der Waals surface area (Å²) >= 11 is 0. The van der Waals surface area contributed by atoms with Gasteiger partial charge in [-0.2, -0.15) is 0 Å². The molecular weight excluding hydrogens is 128 g/mol. The Bertz CT molecular complexity index is 99.4. The summed E-state index contributed by atoms with van der Waals surface area (Å²) < 4.78 is 10.2. The highest BCUT2D eigenvalue weighted by Gasteiger charge is 1.98. The summed E-state index contributed by atoms with van der Waals surface area (Å²) in [5.74, 6) is 0. The molecule has 1 atom stereocenters. The van der Waals surface area contributed by atoms with Gasteiger partial charge >= 0.3 is 0 Å². The van der Waals surface area contributed by atoms with Crippen LogP contribution in [0.15, 0.2) is 12.2 Å². The zero-order valence-electron chi connectivity index (χ0n) is 6.89. The number of ether oxygens (including phenoxy) is 2. The fraction of sp³-hybridized carbons (Fsp3) is 0.625. The maximum atomic E-state index is 5.19. The summed E-state index contributed by atoms with van der Waals surface area (Å²) in [6.45, 7) is 11.5. The van der Waals surface area contributed by atoms with Crippen LogP contribution in [0.25, 0.3) is 0 Å². The maximum absolute atomic E-state index is 5.19. The number of hydrogen-bond donors (Lipinski definition) is 0. The molecule has 0 rings (SSSR count). The third kappa shape index (κ3) is 5.79. The summed E-state index contributed by atoms with van der Waals surface area (Å²) in [7, 11) is 0. The Labute approximate surface area is 62.8 Å². The first-order chi connectivity index (χ1) is 4.66. The highest BCUT2D eigenvalue weighted by Crippen LogP contribution is 1.97. The monoisotopic (exact) mass is 143 g/mol. The van der Waals surface area contributed by atoms with E-state index in [-0.39, 0.29) is 6.29 Å². The molecule has 0 saturated carbocycles. The van der Waals surface area contributed by atoms with Gasteiger partial charge in [-0.25, -0.2) is 0 Å². The molecule has 1 radical (unpaired) electrons. The normalized spacial score (nSPS) is 13.1. The van der Waals surface area contributed by atoms with Gasteiger partial charge in [0.1, 0.15) is 0 Å². The van der Waals surface area contributed by atoms with Crippen molar-refractivity contribution >= 4 is 0 Å². The first kappa shape index (κ1) is 9.66. The molecule has 0 aliphatic heterocycles. The van der Waals surface area contributed by atoms with Gasteiger partial charge in [-0.15, -0.1) is 0 Å². The van der Waals surface area contributed by atoms with Gasteiger partial charge in [0.25, 0.3) is 0 Å². The summed E-state index contributed by atoms with van der Waals surface area (Å²) in [4.78, 5) is 0. The van der Waals surface area contributed by atoms with Crippen LogP contribution < -0.4 is 0 Å². The molecule has 2 heteroatoms. The van der Waals surface area contributed by atoms with Crippen LogP contribution in [-0.4, -0.2) is 12.9 Å². The molecule has 0 amide bonds. The fourth-order valence-electron chi connectivity index (χ4n) is 0.491. The average molecular weight is 143 g/mol. The Morgan fingerprint density at radius 1 is 1.70 bits per heavy atom. The zero-order chi connectivity index (χ0) is 7.98. The lowest BCUT2D eigenvalue weighted by Gasteiger charge is -2.11. The van der Waals surface area contributed by atoms with Gasteiger partial charge < -0.3 is 9.47 Å². The number of rotatable bonds is 5. The second-order valence-corrected chi connectivity index (χ2v) is 2.21. The van der Waals surface area contributed by atoms with Gasteiger partial charge in [-0.05, 0) is 20.8 Å². The highest BCUT2D eigenvalue weighted by atomic mass is 16.7. The molecule has 0 fully saturated rings. The maximum Gasteiger partial charge on any atom is 0.155 e. The summed E-state index contributed by atoms with van der Waals surface area (Å²) in [6.07, 6.45) is -0.165. The minimum absolute atomic E-state index is 0.165. The van der Waals surface area contributed by atoms with Crippen molar-refractivity contribution in [2.24, 2.45) is 0 Å². The molecule has 0 aromatic rings. The lowest BCUT2D eigenvalue weighted by Crippen LogP contribution is -2.11. The van der Waals surface area contributed by atoms with E-state index >= 15 is 0 Å². The van der Waals surface area contributed by atoms with E-state index in [1.165, 1.54) is 0 Å². The van der Waals surface area contributed by atoms with Crippen molar-refractivity contribution in [3.8, 4) is 0 Å². The minimum atomic E-state index is -0.165. The van der Waals surface area contributed by atoms with Crippen molar-refractivity contribution in [2.75, 3.05) is 6.61 Å². The lowest BCUT2D eigenvalue weighted by atomic mass is 10.4. The van der Waals surface area contributed by atoms with E-state index in [2.05, 4.69) is 6.58 Å². The van der Waals surface area contributed by atoms with E-state index in [0.29, 0.717) is 6.61 Å². The molecule has 10 heavy (non-hydrogen) atoms. The van der Waals surface area contributed by atoms with Gasteiger partial charge in [-0.3, -0.25) is 0 Å². The van der Waals surface area contributed by atoms with E-state index < -0.39 is 0 Å². The van der Waals surface area contributed by atoms with Gasteiger partial charge in [0.05, 0.1) is 13.2 Å². The van der Waals surface area contributed by atoms with Crippen molar-refractivity contribution in [3.63, 3.8) is 0 Å². The van der Waals surface area contributed by atoms with Gasteiger partial charge in [-0.1, -0.05) is 12.2 Å². The molecule has 0 aliphatic carbocycles. The lowest BCUT2D eigenvalue weighted by molar-refractivity contribution is -0.0990. The van der Waals surface area contributed by atoms with Gasteiger partial charge in [0.15, 0.2) is 6.29 Å². The predicted octanol–water partition coefficient (Wildman–Crippen LogP) is 2.12.